The van der Waals surface area contributed by atoms with Gasteiger partial charge in [-0.1, -0.05) is 56.5 Å². The molecule has 20 heavy (non-hydrogen) atoms. The molecule has 2 N–H and O–H groups in total. The van der Waals surface area contributed by atoms with Crippen LogP contribution in [0.15, 0.2) is 36.4 Å². The lowest BCUT2D eigenvalue weighted by atomic mass is 10.0. The summed E-state index contributed by atoms with van der Waals surface area (Å²) in [5.74, 6) is 0.386. The molecule has 0 saturated carbocycles. The molecule has 1 atom stereocenters. The minimum absolute atomic E-state index is 0.386. The van der Waals surface area contributed by atoms with Crippen molar-refractivity contribution in [2.45, 2.75) is 52.1 Å². The summed E-state index contributed by atoms with van der Waals surface area (Å²) < 4.78 is 0. The van der Waals surface area contributed by atoms with Gasteiger partial charge >= 0.3 is 0 Å². The van der Waals surface area contributed by atoms with Crippen molar-refractivity contribution in [2.75, 3.05) is 0 Å². The van der Waals surface area contributed by atoms with Gasteiger partial charge in [-0.3, -0.25) is 0 Å². The monoisotopic (exact) mass is 271 g/mol. The van der Waals surface area contributed by atoms with Gasteiger partial charge in [-0.2, -0.15) is 0 Å². The number of hydrogen-bond donors (Lipinski definition) is 2. The Bertz CT molecular complexity index is 550. The SMILES string of the molecule is CCCCCC(C)NCc1c(O)ccc2ccccc12. The molecule has 0 amide bonds. The lowest BCUT2D eigenvalue weighted by molar-refractivity contribution is 0.452. The van der Waals surface area contributed by atoms with E-state index in [0.717, 1.165) is 17.5 Å². The Hall–Kier alpha value is -1.54. The predicted molar refractivity (Wildman–Crippen MR) is 86.1 cm³/mol. The lowest BCUT2D eigenvalue weighted by Crippen LogP contribution is -2.25. The summed E-state index contributed by atoms with van der Waals surface area (Å²) in [6.45, 7) is 5.17. The molecule has 0 aliphatic rings. The van der Waals surface area contributed by atoms with Gasteiger partial charge in [-0.15, -0.1) is 0 Å². The Kier molecular flexibility index (Phi) is 5.42. The van der Waals surface area contributed by atoms with Gasteiger partial charge in [-0.05, 0) is 30.2 Å². The van der Waals surface area contributed by atoms with Gasteiger partial charge in [0.05, 0.1) is 0 Å². The highest BCUT2D eigenvalue weighted by atomic mass is 16.3. The van der Waals surface area contributed by atoms with Crippen molar-refractivity contribution in [1.82, 2.24) is 5.32 Å². The summed E-state index contributed by atoms with van der Waals surface area (Å²) in [4.78, 5) is 0. The van der Waals surface area contributed by atoms with E-state index in [-0.39, 0.29) is 0 Å². The van der Waals surface area contributed by atoms with Gasteiger partial charge in [0.25, 0.3) is 0 Å². The first-order valence-corrected chi connectivity index (χ1v) is 7.65. The van der Waals surface area contributed by atoms with Crippen molar-refractivity contribution in [2.24, 2.45) is 0 Å². The average Bonchev–Trinajstić information content (AvgIpc) is 2.46. The second kappa shape index (κ2) is 7.30. The maximum atomic E-state index is 10.1. The number of phenols is 1. The Morgan fingerprint density at radius 2 is 1.90 bits per heavy atom. The van der Waals surface area contributed by atoms with Crippen LogP contribution in [0.4, 0.5) is 0 Å². The third-order valence-electron chi connectivity index (χ3n) is 3.88. The van der Waals surface area contributed by atoms with E-state index >= 15 is 0 Å². The second-order valence-electron chi connectivity index (χ2n) is 5.56. The zero-order chi connectivity index (χ0) is 14.4. The Labute approximate surface area is 121 Å². The summed E-state index contributed by atoms with van der Waals surface area (Å²) in [7, 11) is 0. The third-order valence-corrected chi connectivity index (χ3v) is 3.88. The highest BCUT2D eigenvalue weighted by Crippen LogP contribution is 2.27. The van der Waals surface area contributed by atoms with Crippen LogP contribution in [-0.2, 0) is 6.54 Å². The Morgan fingerprint density at radius 3 is 2.70 bits per heavy atom. The quantitative estimate of drug-likeness (QED) is 0.721. The zero-order valence-electron chi connectivity index (χ0n) is 12.5. The van der Waals surface area contributed by atoms with Crippen molar-refractivity contribution < 1.29 is 5.11 Å². The smallest absolute Gasteiger partial charge is 0.120 e. The van der Waals surface area contributed by atoms with Gasteiger partial charge in [0.2, 0.25) is 0 Å². The van der Waals surface area contributed by atoms with E-state index in [1.807, 2.05) is 18.2 Å². The molecule has 0 bridgehead atoms. The first kappa shape index (κ1) is 14.9. The summed E-state index contributed by atoms with van der Waals surface area (Å²) in [5, 5.41) is 15.9. The normalized spacial score (nSPS) is 12.7. The van der Waals surface area contributed by atoms with E-state index in [9.17, 15) is 5.11 Å². The molecular weight excluding hydrogens is 246 g/mol. The largest absolute Gasteiger partial charge is 0.508 e. The van der Waals surface area contributed by atoms with Crippen molar-refractivity contribution in [3.8, 4) is 5.75 Å². The fraction of sp³-hybridized carbons (Fsp3) is 0.444. The minimum Gasteiger partial charge on any atom is -0.508 e. The van der Waals surface area contributed by atoms with Crippen LogP contribution in [-0.4, -0.2) is 11.1 Å². The molecule has 2 rings (SSSR count). The molecule has 0 heterocycles. The molecule has 1 unspecified atom stereocenters. The lowest BCUT2D eigenvalue weighted by Gasteiger charge is -2.15. The molecule has 2 nitrogen and oxygen atoms in total. The highest BCUT2D eigenvalue weighted by molar-refractivity contribution is 5.87. The molecule has 0 saturated heterocycles. The second-order valence-corrected chi connectivity index (χ2v) is 5.56. The van der Waals surface area contributed by atoms with Crippen molar-refractivity contribution in [1.29, 1.82) is 0 Å². The van der Waals surface area contributed by atoms with E-state index in [1.165, 1.54) is 31.1 Å². The molecule has 2 aromatic rings. The van der Waals surface area contributed by atoms with E-state index in [0.29, 0.717) is 11.8 Å². The standard InChI is InChI=1S/C18H25NO/c1-3-4-5-8-14(2)19-13-17-16-10-7-6-9-15(16)11-12-18(17)20/h6-7,9-12,14,19-20H,3-5,8,13H2,1-2H3. The van der Waals surface area contributed by atoms with E-state index in [4.69, 9.17) is 0 Å². The van der Waals surface area contributed by atoms with Crippen LogP contribution in [0.1, 0.15) is 45.1 Å². The molecule has 0 spiro atoms. The summed E-state index contributed by atoms with van der Waals surface area (Å²) in [5.41, 5.74) is 1.01. The Morgan fingerprint density at radius 1 is 1.10 bits per heavy atom. The molecule has 0 aliphatic carbocycles. The van der Waals surface area contributed by atoms with Crippen LogP contribution in [0.3, 0.4) is 0 Å². The van der Waals surface area contributed by atoms with Gasteiger partial charge in [0, 0.05) is 18.2 Å². The average molecular weight is 271 g/mol. The third kappa shape index (κ3) is 3.73. The fourth-order valence-corrected chi connectivity index (χ4v) is 2.59. The zero-order valence-corrected chi connectivity index (χ0v) is 12.5. The van der Waals surface area contributed by atoms with E-state index < -0.39 is 0 Å². The molecule has 0 radical (unpaired) electrons. The number of hydrogen-bond acceptors (Lipinski definition) is 2. The molecule has 108 valence electrons. The number of benzene rings is 2. The number of aromatic hydroxyl groups is 1. The highest BCUT2D eigenvalue weighted by Gasteiger charge is 2.08. The van der Waals surface area contributed by atoms with Gasteiger partial charge in [-0.25, -0.2) is 0 Å². The Balaban J connectivity index is 2.04. The first-order valence-electron chi connectivity index (χ1n) is 7.65. The van der Waals surface area contributed by atoms with Gasteiger partial charge in [0.1, 0.15) is 5.75 Å². The molecule has 0 aliphatic heterocycles. The van der Waals surface area contributed by atoms with Crippen molar-refractivity contribution in [3.05, 3.63) is 42.0 Å². The van der Waals surface area contributed by atoms with Crippen molar-refractivity contribution >= 4 is 10.8 Å². The number of phenolic OH excluding ortho intramolecular Hbond substituents is 1. The van der Waals surface area contributed by atoms with Crippen LogP contribution in [0.25, 0.3) is 10.8 Å². The van der Waals surface area contributed by atoms with Crippen molar-refractivity contribution in [3.63, 3.8) is 0 Å². The first-order chi connectivity index (χ1) is 9.72. The number of nitrogens with one attached hydrogen (secondary N) is 1. The maximum Gasteiger partial charge on any atom is 0.120 e. The van der Waals surface area contributed by atoms with Crippen LogP contribution < -0.4 is 5.32 Å². The summed E-state index contributed by atoms with van der Waals surface area (Å²) >= 11 is 0. The van der Waals surface area contributed by atoms with Gasteiger partial charge < -0.3 is 10.4 Å². The minimum atomic E-state index is 0.386. The molecule has 0 aromatic heterocycles. The van der Waals surface area contributed by atoms with E-state index in [2.05, 4.69) is 31.3 Å². The predicted octanol–water partition coefficient (Wildman–Crippen LogP) is 4.60. The number of fused-ring (bicyclic) bond motifs is 1. The van der Waals surface area contributed by atoms with Crippen LogP contribution in [0.2, 0.25) is 0 Å². The fourth-order valence-electron chi connectivity index (χ4n) is 2.59. The van der Waals surface area contributed by atoms with E-state index in [1.54, 1.807) is 6.07 Å². The molecule has 0 fully saturated rings. The van der Waals surface area contributed by atoms with Crippen LogP contribution in [0.5, 0.6) is 5.75 Å². The van der Waals surface area contributed by atoms with Crippen LogP contribution in [0, 0.1) is 0 Å². The summed E-state index contributed by atoms with van der Waals surface area (Å²) in [6, 6.07) is 12.5. The maximum absolute atomic E-state index is 10.1. The number of unbranched alkanes of at least 4 members (excludes halogenated alkanes) is 2. The number of rotatable bonds is 7. The van der Waals surface area contributed by atoms with Crippen LogP contribution >= 0.6 is 0 Å². The molecule has 2 aromatic carbocycles. The molecular formula is C18H25NO. The molecule has 2 heteroatoms. The topological polar surface area (TPSA) is 32.3 Å². The van der Waals surface area contributed by atoms with Gasteiger partial charge in [0.15, 0.2) is 0 Å². The summed E-state index contributed by atoms with van der Waals surface area (Å²) in [6.07, 6.45) is 5.02.